The minimum atomic E-state index is 0.184. The number of nitrogen functional groups attached to an aromatic ring is 1. The summed E-state index contributed by atoms with van der Waals surface area (Å²) in [6.45, 7) is 1.84. The Morgan fingerprint density at radius 3 is 2.67 bits per heavy atom. The summed E-state index contributed by atoms with van der Waals surface area (Å²) < 4.78 is 1.85. The lowest BCUT2D eigenvalue weighted by molar-refractivity contribution is 0.916. The molecule has 2 aromatic heterocycles. The standard InChI is InChI=1S/C9H10ClN5/c1-5-7(6-3-12-4-15(6)2)8(10)14-9(11)13-5/h3-4H,1-2H3,(H2,11,13,14). The second-order valence-corrected chi connectivity index (χ2v) is 3.58. The summed E-state index contributed by atoms with van der Waals surface area (Å²) in [5.41, 5.74) is 7.88. The normalized spacial score (nSPS) is 10.6. The molecule has 2 N–H and O–H groups in total. The highest BCUT2D eigenvalue weighted by molar-refractivity contribution is 6.32. The highest BCUT2D eigenvalue weighted by Crippen LogP contribution is 2.28. The van der Waals surface area contributed by atoms with Gasteiger partial charge in [-0.05, 0) is 6.92 Å². The van der Waals surface area contributed by atoms with E-state index >= 15 is 0 Å². The van der Waals surface area contributed by atoms with Gasteiger partial charge < -0.3 is 10.3 Å². The number of hydrogen-bond donors (Lipinski definition) is 1. The fourth-order valence-corrected chi connectivity index (χ4v) is 1.77. The zero-order chi connectivity index (χ0) is 11.0. The molecule has 78 valence electrons. The number of halogens is 1. The summed E-state index contributed by atoms with van der Waals surface area (Å²) in [5.74, 6) is 0.184. The van der Waals surface area contributed by atoms with E-state index < -0.39 is 0 Å². The Hall–Kier alpha value is -1.62. The van der Waals surface area contributed by atoms with E-state index in [-0.39, 0.29) is 5.95 Å². The molecule has 0 saturated heterocycles. The summed E-state index contributed by atoms with van der Waals surface area (Å²) in [7, 11) is 1.88. The van der Waals surface area contributed by atoms with Crippen LogP contribution in [-0.4, -0.2) is 19.5 Å². The van der Waals surface area contributed by atoms with Gasteiger partial charge in [-0.15, -0.1) is 0 Å². The SMILES string of the molecule is Cc1nc(N)nc(Cl)c1-c1cncn1C. The van der Waals surface area contributed by atoms with Gasteiger partial charge in [0.15, 0.2) is 0 Å². The Kier molecular flexibility index (Phi) is 2.32. The van der Waals surface area contributed by atoms with Crippen molar-refractivity contribution in [3.8, 4) is 11.3 Å². The van der Waals surface area contributed by atoms with Crippen molar-refractivity contribution in [2.75, 3.05) is 5.73 Å². The zero-order valence-corrected chi connectivity index (χ0v) is 9.15. The molecule has 2 heterocycles. The number of aryl methyl sites for hydroxylation is 2. The van der Waals surface area contributed by atoms with Crippen LogP contribution in [0.15, 0.2) is 12.5 Å². The Labute approximate surface area is 91.9 Å². The average Bonchev–Trinajstić information content (AvgIpc) is 2.50. The predicted molar refractivity (Wildman–Crippen MR) is 58.4 cm³/mol. The van der Waals surface area contributed by atoms with Crippen molar-refractivity contribution in [3.63, 3.8) is 0 Å². The summed E-state index contributed by atoms with van der Waals surface area (Å²) in [4.78, 5) is 12.0. The van der Waals surface area contributed by atoms with Crippen LogP contribution in [-0.2, 0) is 7.05 Å². The van der Waals surface area contributed by atoms with Gasteiger partial charge in [0.05, 0.1) is 29.5 Å². The molecular weight excluding hydrogens is 214 g/mol. The van der Waals surface area contributed by atoms with E-state index in [1.54, 1.807) is 12.5 Å². The van der Waals surface area contributed by atoms with Gasteiger partial charge in [-0.25, -0.2) is 15.0 Å². The number of hydrogen-bond acceptors (Lipinski definition) is 4. The van der Waals surface area contributed by atoms with Crippen molar-refractivity contribution < 1.29 is 0 Å². The molecule has 0 bridgehead atoms. The first kappa shape index (κ1) is 9.92. The molecule has 0 aliphatic heterocycles. The molecule has 0 unspecified atom stereocenters. The third kappa shape index (κ3) is 1.66. The number of nitrogens with two attached hydrogens (primary N) is 1. The Balaban J connectivity index is 2.68. The molecule has 0 spiro atoms. The van der Waals surface area contributed by atoms with Crippen molar-refractivity contribution >= 4 is 17.5 Å². The molecule has 0 amide bonds. The summed E-state index contributed by atoms with van der Waals surface area (Å²) >= 11 is 6.03. The van der Waals surface area contributed by atoms with Crippen LogP contribution in [0.1, 0.15) is 5.69 Å². The van der Waals surface area contributed by atoms with Crippen molar-refractivity contribution in [2.24, 2.45) is 7.05 Å². The summed E-state index contributed by atoms with van der Waals surface area (Å²) in [5, 5.41) is 0.351. The quantitative estimate of drug-likeness (QED) is 0.743. The molecule has 2 aromatic rings. The fraction of sp³-hybridized carbons (Fsp3) is 0.222. The lowest BCUT2D eigenvalue weighted by Gasteiger charge is -2.07. The number of anilines is 1. The smallest absolute Gasteiger partial charge is 0.221 e. The zero-order valence-electron chi connectivity index (χ0n) is 8.40. The second-order valence-electron chi connectivity index (χ2n) is 3.22. The number of nitrogens with zero attached hydrogens (tertiary/aromatic N) is 4. The monoisotopic (exact) mass is 223 g/mol. The lowest BCUT2D eigenvalue weighted by atomic mass is 10.2. The minimum absolute atomic E-state index is 0.184. The second kappa shape index (κ2) is 3.51. The maximum atomic E-state index is 6.03. The highest BCUT2D eigenvalue weighted by atomic mass is 35.5. The third-order valence-electron chi connectivity index (χ3n) is 2.14. The first-order chi connectivity index (χ1) is 7.09. The van der Waals surface area contributed by atoms with Gasteiger partial charge in [-0.2, -0.15) is 0 Å². The molecule has 6 heteroatoms. The molecule has 2 rings (SSSR count). The minimum Gasteiger partial charge on any atom is -0.368 e. The molecule has 5 nitrogen and oxygen atoms in total. The van der Waals surface area contributed by atoms with E-state index in [2.05, 4.69) is 15.0 Å². The average molecular weight is 224 g/mol. The maximum absolute atomic E-state index is 6.03. The van der Waals surface area contributed by atoms with Gasteiger partial charge in [0.25, 0.3) is 0 Å². The molecular formula is C9H10ClN5. The third-order valence-corrected chi connectivity index (χ3v) is 2.41. The summed E-state index contributed by atoms with van der Waals surface area (Å²) in [6.07, 6.45) is 3.41. The van der Waals surface area contributed by atoms with Gasteiger partial charge in [0.1, 0.15) is 5.15 Å². The van der Waals surface area contributed by atoms with Gasteiger partial charge in [-0.1, -0.05) is 11.6 Å². The Morgan fingerprint density at radius 1 is 1.40 bits per heavy atom. The van der Waals surface area contributed by atoms with E-state index in [1.165, 1.54) is 0 Å². The molecule has 0 fully saturated rings. The maximum Gasteiger partial charge on any atom is 0.221 e. The van der Waals surface area contributed by atoms with Crippen LogP contribution in [0.25, 0.3) is 11.3 Å². The van der Waals surface area contributed by atoms with Crippen LogP contribution < -0.4 is 5.73 Å². The van der Waals surface area contributed by atoms with Gasteiger partial charge in [-0.3, -0.25) is 0 Å². The van der Waals surface area contributed by atoms with Crippen molar-refractivity contribution in [1.82, 2.24) is 19.5 Å². The number of imidazole rings is 1. The lowest BCUT2D eigenvalue weighted by Crippen LogP contribution is -2.01. The molecule has 0 atom stereocenters. The van der Waals surface area contributed by atoms with Gasteiger partial charge >= 0.3 is 0 Å². The van der Waals surface area contributed by atoms with Crippen LogP contribution in [0.2, 0.25) is 5.15 Å². The number of aromatic nitrogens is 4. The van der Waals surface area contributed by atoms with Crippen LogP contribution >= 0.6 is 11.6 Å². The highest BCUT2D eigenvalue weighted by Gasteiger charge is 2.13. The van der Waals surface area contributed by atoms with E-state index in [1.807, 2.05) is 18.5 Å². The Bertz CT molecular complexity index is 482. The summed E-state index contributed by atoms with van der Waals surface area (Å²) in [6, 6.07) is 0. The molecule has 15 heavy (non-hydrogen) atoms. The van der Waals surface area contributed by atoms with Crippen LogP contribution in [0, 0.1) is 6.92 Å². The molecule has 0 aliphatic carbocycles. The van der Waals surface area contributed by atoms with Crippen LogP contribution in [0.3, 0.4) is 0 Å². The topological polar surface area (TPSA) is 69.6 Å². The first-order valence-corrected chi connectivity index (χ1v) is 4.73. The van der Waals surface area contributed by atoms with Crippen LogP contribution in [0.4, 0.5) is 5.95 Å². The largest absolute Gasteiger partial charge is 0.368 e. The Morgan fingerprint density at radius 2 is 2.13 bits per heavy atom. The van der Waals surface area contributed by atoms with Crippen LogP contribution in [0.5, 0.6) is 0 Å². The van der Waals surface area contributed by atoms with Crippen molar-refractivity contribution in [2.45, 2.75) is 6.92 Å². The van der Waals surface area contributed by atoms with Gasteiger partial charge in [0.2, 0.25) is 5.95 Å². The molecule has 0 aliphatic rings. The number of rotatable bonds is 1. The van der Waals surface area contributed by atoms with Gasteiger partial charge in [0, 0.05) is 7.05 Å². The van der Waals surface area contributed by atoms with E-state index in [0.29, 0.717) is 5.15 Å². The van der Waals surface area contributed by atoms with Crippen molar-refractivity contribution in [3.05, 3.63) is 23.4 Å². The van der Waals surface area contributed by atoms with E-state index in [9.17, 15) is 0 Å². The molecule has 0 aromatic carbocycles. The molecule has 0 radical (unpaired) electrons. The predicted octanol–water partition coefficient (Wildman–Crippen LogP) is 1.42. The van der Waals surface area contributed by atoms with E-state index in [0.717, 1.165) is 17.0 Å². The fourth-order valence-electron chi connectivity index (χ4n) is 1.45. The molecule has 0 saturated carbocycles. The van der Waals surface area contributed by atoms with Crippen molar-refractivity contribution in [1.29, 1.82) is 0 Å². The van der Waals surface area contributed by atoms with E-state index in [4.69, 9.17) is 17.3 Å². The first-order valence-electron chi connectivity index (χ1n) is 4.36.